The van der Waals surface area contributed by atoms with Crippen LogP contribution in [0.1, 0.15) is 25.8 Å². The van der Waals surface area contributed by atoms with Crippen molar-refractivity contribution in [1.82, 2.24) is 4.57 Å². The van der Waals surface area contributed by atoms with Crippen molar-refractivity contribution < 1.29 is 0 Å². The number of allylic oxidation sites excluding steroid dienone is 6. The van der Waals surface area contributed by atoms with Crippen molar-refractivity contribution in [1.29, 1.82) is 0 Å². The second kappa shape index (κ2) is 6.12. The summed E-state index contributed by atoms with van der Waals surface area (Å²) in [5, 5.41) is 2.70. The third-order valence-corrected chi connectivity index (χ3v) is 6.92. The highest BCUT2D eigenvalue weighted by molar-refractivity contribution is 6.34. The molecule has 0 saturated carbocycles. The van der Waals surface area contributed by atoms with Crippen molar-refractivity contribution >= 4 is 40.8 Å². The molecule has 144 valence electrons. The Bertz CT molecular complexity index is 1430. The summed E-state index contributed by atoms with van der Waals surface area (Å²) in [5.74, 6) is 0. The molecule has 30 heavy (non-hydrogen) atoms. The van der Waals surface area contributed by atoms with Gasteiger partial charge < -0.3 is 4.57 Å². The Kier molecular flexibility index (Phi) is 3.59. The largest absolute Gasteiger partial charge is 0.309 e. The van der Waals surface area contributed by atoms with Crippen LogP contribution in [0.25, 0.3) is 38.6 Å². The lowest BCUT2D eigenvalue weighted by molar-refractivity contribution is 0.606. The molecule has 4 aromatic rings. The van der Waals surface area contributed by atoms with E-state index < -0.39 is 0 Å². The van der Waals surface area contributed by atoms with Crippen LogP contribution in [0.15, 0.2) is 90.5 Å². The molecule has 2 aliphatic rings. The van der Waals surface area contributed by atoms with Crippen molar-refractivity contribution in [2.24, 2.45) is 0 Å². The molecule has 0 unspecified atom stereocenters. The molecular weight excluding hydrogens is 361 g/mol. The molecule has 1 nitrogen and oxygen atoms in total. The lowest BCUT2D eigenvalue weighted by atomic mass is 9.72. The minimum absolute atomic E-state index is 0.0309. The fourth-order valence-corrected chi connectivity index (χ4v) is 5.35. The van der Waals surface area contributed by atoms with Crippen molar-refractivity contribution in [2.75, 3.05) is 0 Å². The van der Waals surface area contributed by atoms with Gasteiger partial charge in [0.2, 0.25) is 0 Å². The first-order valence-corrected chi connectivity index (χ1v) is 10.8. The van der Waals surface area contributed by atoms with Gasteiger partial charge >= 0.3 is 0 Å². The van der Waals surface area contributed by atoms with E-state index in [4.69, 9.17) is 0 Å². The van der Waals surface area contributed by atoms with E-state index in [1.54, 1.807) is 0 Å². The third-order valence-electron chi connectivity index (χ3n) is 6.92. The van der Waals surface area contributed by atoms with Crippen molar-refractivity contribution in [3.8, 4) is 11.1 Å². The van der Waals surface area contributed by atoms with Gasteiger partial charge in [0, 0.05) is 21.9 Å². The minimum atomic E-state index is -0.0309. The van der Waals surface area contributed by atoms with Gasteiger partial charge in [0.1, 0.15) is 7.85 Å². The molecule has 0 saturated heterocycles. The van der Waals surface area contributed by atoms with Crippen LogP contribution in [-0.2, 0) is 5.41 Å². The Labute approximate surface area is 178 Å². The van der Waals surface area contributed by atoms with E-state index in [9.17, 15) is 0 Å². The van der Waals surface area contributed by atoms with Crippen LogP contribution in [0.5, 0.6) is 0 Å². The van der Waals surface area contributed by atoms with E-state index in [1.165, 1.54) is 55.2 Å². The number of nitrogens with zero attached hydrogens (tertiary/aromatic N) is 1. The fraction of sp³-hybridized carbons (Fsp3) is 0.143. The minimum Gasteiger partial charge on any atom is -0.309 e. The van der Waals surface area contributed by atoms with E-state index >= 15 is 0 Å². The van der Waals surface area contributed by atoms with Crippen LogP contribution in [0.4, 0.5) is 0 Å². The molecule has 0 radical (unpaired) electrons. The molecular formula is C28H24BN. The molecule has 0 atom stereocenters. The smallest absolute Gasteiger partial charge is 0.139 e. The predicted octanol–water partition coefficient (Wildman–Crippen LogP) is 5.74. The number of aromatic nitrogens is 1. The highest BCUT2D eigenvalue weighted by Gasteiger charge is 2.36. The van der Waals surface area contributed by atoms with Gasteiger partial charge in [-0.3, -0.25) is 0 Å². The molecule has 0 amide bonds. The first-order valence-electron chi connectivity index (χ1n) is 10.8. The molecule has 0 bridgehead atoms. The number of benzene rings is 3. The van der Waals surface area contributed by atoms with Crippen LogP contribution in [0.3, 0.4) is 0 Å². The van der Waals surface area contributed by atoms with Crippen LogP contribution >= 0.6 is 0 Å². The molecule has 0 N–H and O–H groups in total. The number of hydrogen-bond acceptors (Lipinski definition) is 0. The van der Waals surface area contributed by atoms with Crippen LogP contribution in [0, 0.1) is 0 Å². The first-order chi connectivity index (χ1) is 14.6. The molecule has 6 rings (SSSR count). The van der Waals surface area contributed by atoms with E-state index in [2.05, 4.69) is 111 Å². The average Bonchev–Trinajstić information content (AvgIpc) is 2.90. The monoisotopic (exact) mass is 385 g/mol. The van der Waals surface area contributed by atoms with E-state index in [-0.39, 0.29) is 5.41 Å². The first kappa shape index (κ1) is 17.6. The molecule has 1 aliphatic heterocycles. The van der Waals surface area contributed by atoms with Gasteiger partial charge in [0.05, 0.1) is 11.0 Å². The van der Waals surface area contributed by atoms with Gasteiger partial charge in [-0.2, -0.15) is 0 Å². The SMILES string of the molecule is Bc1ccc2c(c1)c1cc(-c3ccccc3)cc3c1n2C1=C(CC=CC=C1)C3(C)C. The molecule has 1 aromatic heterocycles. The number of rotatable bonds is 1. The predicted molar refractivity (Wildman–Crippen MR) is 132 cm³/mol. The molecule has 0 fully saturated rings. The number of hydrogen-bond donors (Lipinski definition) is 0. The maximum absolute atomic E-state index is 2.51. The Morgan fingerprint density at radius 1 is 0.867 bits per heavy atom. The Hall–Kier alpha value is -3.26. The summed E-state index contributed by atoms with van der Waals surface area (Å²) in [6, 6.07) is 22.5. The van der Waals surface area contributed by atoms with Gasteiger partial charge in [0.15, 0.2) is 0 Å². The Morgan fingerprint density at radius 2 is 1.70 bits per heavy atom. The second-order valence-corrected chi connectivity index (χ2v) is 9.12. The van der Waals surface area contributed by atoms with Crippen LogP contribution < -0.4 is 5.46 Å². The summed E-state index contributed by atoms with van der Waals surface area (Å²) < 4.78 is 2.51. The highest BCUT2D eigenvalue weighted by atomic mass is 15.0. The van der Waals surface area contributed by atoms with Gasteiger partial charge in [0.25, 0.3) is 0 Å². The molecule has 3 aromatic carbocycles. The summed E-state index contributed by atoms with van der Waals surface area (Å²) in [7, 11) is 2.19. The lowest BCUT2D eigenvalue weighted by Crippen LogP contribution is -2.27. The summed E-state index contributed by atoms with van der Waals surface area (Å²) >= 11 is 0. The van der Waals surface area contributed by atoms with Crippen molar-refractivity contribution in [3.05, 3.63) is 96.1 Å². The molecule has 2 heterocycles. The van der Waals surface area contributed by atoms with Crippen molar-refractivity contribution in [3.63, 3.8) is 0 Å². The summed E-state index contributed by atoms with van der Waals surface area (Å²) in [6.07, 6.45) is 9.94. The Morgan fingerprint density at radius 3 is 2.53 bits per heavy atom. The maximum atomic E-state index is 2.51. The topological polar surface area (TPSA) is 4.93 Å². The van der Waals surface area contributed by atoms with E-state index in [1.807, 2.05) is 0 Å². The van der Waals surface area contributed by atoms with E-state index in [0.717, 1.165) is 6.42 Å². The lowest BCUT2D eigenvalue weighted by Gasteiger charge is -2.36. The standard InChI is InChI=1S/C28H24BN/c1-28(2)23-11-7-4-8-12-26(23)30-25-14-13-20(29)17-21(25)22-15-19(16-24(28)27(22)30)18-9-5-3-6-10-18/h3-10,12-17H,11,29H2,1-2H3. The number of fused-ring (bicyclic) bond motifs is 4. The summed E-state index contributed by atoms with van der Waals surface area (Å²) in [6.45, 7) is 4.79. The van der Waals surface area contributed by atoms with E-state index in [0.29, 0.717) is 0 Å². The highest BCUT2D eigenvalue weighted by Crippen LogP contribution is 2.50. The normalized spacial score (nSPS) is 16.9. The summed E-state index contributed by atoms with van der Waals surface area (Å²) in [5.41, 5.74) is 10.8. The Balaban J connectivity index is 1.82. The maximum Gasteiger partial charge on any atom is 0.139 e. The van der Waals surface area contributed by atoms with Gasteiger partial charge in [-0.05, 0) is 53.0 Å². The fourth-order valence-electron chi connectivity index (χ4n) is 5.35. The zero-order chi connectivity index (χ0) is 20.5. The van der Waals surface area contributed by atoms with Crippen LogP contribution in [0.2, 0.25) is 0 Å². The van der Waals surface area contributed by atoms with Gasteiger partial charge in [-0.1, -0.05) is 80.0 Å². The van der Waals surface area contributed by atoms with Crippen molar-refractivity contribution in [2.45, 2.75) is 25.7 Å². The summed E-state index contributed by atoms with van der Waals surface area (Å²) in [4.78, 5) is 0. The molecule has 1 aliphatic carbocycles. The molecule has 0 spiro atoms. The molecule has 2 heteroatoms. The zero-order valence-corrected chi connectivity index (χ0v) is 17.7. The van der Waals surface area contributed by atoms with Gasteiger partial charge in [-0.25, -0.2) is 0 Å². The average molecular weight is 385 g/mol. The quantitative estimate of drug-likeness (QED) is 0.368. The second-order valence-electron chi connectivity index (χ2n) is 9.12. The van der Waals surface area contributed by atoms with Crippen LogP contribution in [-0.4, -0.2) is 12.4 Å². The third kappa shape index (κ3) is 2.31. The zero-order valence-electron chi connectivity index (χ0n) is 17.7. The van der Waals surface area contributed by atoms with Gasteiger partial charge in [-0.15, -0.1) is 0 Å².